The Morgan fingerprint density at radius 3 is 1.39 bits per heavy atom. The molecule has 154 valence electrons. The Labute approximate surface area is 177 Å². The van der Waals surface area contributed by atoms with Crippen LogP contribution in [0.25, 0.3) is 21.5 Å². The zero-order valence-electron chi connectivity index (χ0n) is 16.3. The maximum absolute atomic E-state index is 11.8. The maximum atomic E-state index is 11.8. The number of carbonyl (C=O) groups is 2. The highest BCUT2D eigenvalue weighted by Gasteiger charge is 2.56. The molecule has 1 saturated heterocycles. The molecule has 1 aliphatic rings. The summed E-state index contributed by atoms with van der Waals surface area (Å²) in [6.07, 6.45) is -3.31. The molecule has 1 heterocycles. The van der Waals surface area contributed by atoms with Crippen LogP contribution in [0.1, 0.15) is 11.1 Å². The Kier molecular flexibility index (Phi) is 4.46. The summed E-state index contributed by atoms with van der Waals surface area (Å²) in [5.41, 5.74) is 1.05. The third kappa shape index (κ3) is 3.13. The summed E-state index contributed by atoms with van der Waals surface area (Å²) in [4.78, 5) is 23.6. The smallest absolute Gasteiger partial charge is 0.336 e. The van der Waals surface area contributed by atoms with Crippen LogP contribution in [-0.4, -0.2) is 34.4 Å². The van der Waals surface area contributed by atoms with Crippen molar-refractivity contribution in [2.45, 2.75) is 18.0 Å². The van der Waals surface area contributed by atoms with Crippen LogP contribution in [-0.2, 0) is 24.8 Å². The van der Waals surface area contributed by atoms with E-state index in [9.17, 15) is 19.8 Å². The van der Waals surface area contributed by atoms with E-state index in [2.05, 4.69) is 0 Å². The molecule has 31 heavy (non-hydrogen) atoms. The van der Waals surface area contributed by atoms with Gasteiger partial charge in [-0.1, -0.05) is 72.8 Å². The van der Waals surface area contributed by atoms with Crippen LogP contribution in [0.15, 0.2) is 84.9 Å². The second-order valence-electron chi connectivity index (χ2n) is 7.49. The number of hydrogen-bond acceptors (Lipinski definition) is 4. The first-order valence-electron chi connectivity index (χ1n) is 9.78. The first-order valence-corrected chi connectivity index (χ1v) is 9.78. The van der Waals surface area contributed by atoms with E-state index in [-0.39, 0.29) is 0 Å². The fourth-order valence-electron chi connectivity index (χ4n) is 4.10. The lowest BCUT2D eigenvalue weighted by Crippen LogP contribution is -2.36. The van der Waals surface area contributed by atoms with Crippen LogP contribution in [0.2, 0.25) is 0 Å². The van der Waals surface area contributed by atoms with Gasteiger partial charge in [0, 0.05) is 11.1 Å². The van der Waals surface area contributed by atoms with Gasteiger partial charge in [-0.05, 0) is 33.7 Å². The Bertz CT molecular complexity index is 1220. The highest BCUT2D eigenvalue weighted by atomic mass is 16.8. The minimum atomic E-state index is -1.68. The summed E-state index contributed by atoms with van der Waals surface area (Å²) >= 11 is 0. The Morgan fingerprint density at radius 1 is 0.613 bits per heavy atom. The third-order valence-corrected chi connectivity index (χ3v) is 5.61. The van der Waals surface area contributed by atoms with Crippen LogP contribution in [0.3, 0.4) is 0 Å². The van der Waals surface area contributed by atoms with Crippen molar-refractivity contribution >= 4 is 33.5 Å². The lowest BCUT2D eigenvalue weighted by molar-refractivity contribution is -0.171. The van der Waals surface area contributed by atoms with Crippen LogP contribution in [0, 0.1) is 0 Å². The van der Waals surface area contributed by atoms with E-state index in [1.54, 1.807) is 12.1 Å². The van der Waals surface area contributed by atoms with Gasteiger partial charge < -0.3 is 19.7 Å². The first kappa shape index (κ1) is 19.2. The zero-order valence-corrected chi connectivity index (χ0v) is 16.3. The van der Waals surface area contributed by atoms with E-state index in [1.165, 1.54) is 0 Å². The SMILES string of the molecule is O=C(O)[C@@H]1OC(c2ccc3ccccc3c2)(c2ccc3ccccc3c2)O[C@H]1C(=O)O. The minimum Gasteiger partial charge on any atom is -0.479 e. The number of ether oxygens (including phenoxy) is 2. The topological polar surface area (TPSA) is 93.1 Å². The van der Waals surface area contributed by atoms with Gasteiger partial charge in [0.2, 0.25) is 5.79 Å². The van der Waals surface area contributed by atoms with Gasteiger partial charge >= 0.3 is 11.9 Å². The van der Waals surface area contributed by atoms with E-state index in [0.717, 1.165) is 21.5 Å². The average molecular weight is 414 g/mol. The summed E-state index contributed by atoms with van der Waals surface area (Å²) in [6, 6.07) is 26.4. The van der Waals surface area contributed by atoms with Crippen molar-refractivity contribution < 1.29 is 29.3 Å². The molecule has 6 nitrogen and oxygen atoms in total. The molecule has 0 saturated carbocycles. The summed E-state index contributed by atoms with van der Waals surface area (Å²) in [5.74, 6) is -4.47. The van der Waals surface area contributed by atoms with E-state index in [0.29, 0.717) is 11.1 Å². The van der Waals surface area contributed by atoms with Crippen molar-refractivity contribution in [1.82, 2.24) is 0 Å². The number of rotatable bonds is 4. The van der Waals surface area contributed by atoms with Crippen molar-refractivity contribution in [3.05, 3.63) is 96.1 Å². The van der Waals surface area contributed by atoms with Crippen LogP contribution in [0.5, 0.6) is 0 Å². The number of benzene rings is 4. The third-order valence-electron chi connectivity index (χ3n) is 5.61. The Morgan fingerprint density at radius 2 is 1.00 bits per heavy atom. The largest absolute Gasteiger partial charge is 0.479 e. The van der Waals surface area contributed by atoms with Gasteiger partial charge in [-0.25, -0.2) is 9.59 Å². The van der Waals surface area contributed by atoms with E-state index in [4.69, 9.17) is 9.47 Å². The van der Waals surface area contributed by atoms with E-state index >= 15 is 0 Å². The van der Waals surface area contributed by atoms with E-state index < -0.39 is 29.9 Å². The molecule has 4 aromatic rings. The first-order chi connectivity index (χ1) is 15.0. The molecule has 4 aromatic carbocycles. The van der Waals surface area contributed by atoms with Crippen LogP contribution >= 0.6 is 0 Å². The van der Waals surface area contributed by atoms with Crippen LogP contribution in [0.4, 0.5) is 0 Å². The van der Waals surface area contributed by atoms with Gasteiger partial charge in [0.15, 0.2) is 12.2 Å². The second-order valence-corrected chi connectivity index (χ2v) is 7.49. The summed E-state index contributed by atoms with van der Waals surface area (Å²) in [5, 5.41) is 23.0. The molecule has 0 aromatic heterocycles. The molecule has 1 fully saturated rings. The molecule has 0 bridgehead atoms. The number of carboxylic acids is 2. The molecule has 2 N–H and O–H groups in total. The van der Waals surface area contributed by atoms with Gasteiger partial charge in [0.1, 0.15) is 0 Å². The fourth-order valence-corrected chi connectivity index (χ4v) is 4.10. The molecule has 0 spiro atoms. The highest BCUT2D eigenvalue weighted by Crippen LogP contribution is 2.45. The molecule has 0 unspecified atom stereocenters. The maximum Gasteiger partial charge on any atom is 0.336 e. The molecule has 6 heteroatoms. The monoisotopic (exact) mass is 414 g/mol. The van der Waals surface area contributed by atoms with Gasteiger partial charge in [0.25, 0.3) is 0 Å². The molecule has 0 amide bonds. The quantitative estimate of drug-likeness (QED) is 0.521. The highest BCUT2D eigenvalue weighted by molar-refractivity contribution is 5.87. The van der Waals surface area contributed by atoms with Gasteiger partial charge in [0.05, 0.1) is 0 Å². The number of hydrogen-bond donors (Lipinski definition) is 2. The number of carboxylic acid groups (broad SMARTS) is 2. The minimum absolute atomic E-state index is 0.525. The molecule has 0 radical (unpaired) electrons. The molecular weight excluding hydrogens is 396 g/mol. The van der Waals surface area contributed by atoms with E-state index in [1.807, 2.05) is 72.8 Å². The van der Waals surface area contributed by atoms with Crippen molar-refractivity contribution in [2.24, 2.45) is 0 Å². The molecule has 0 aliphatic carbocycles. The molecule has 2 atom stereocenters. The standard InChI is InChI=1S/C25H18O6/c26-23(27)21-22(24(28)29)31-25(30-21,19-11-9-15-5-1-3-7-17(15)13-19)20-12-10-16-6-2-4-8-18(16)14-20/h1-14,21-22H,(H,26,27)(H,28,29)/t21-,22-/m1/s1. The summed E-state index contributed by atoms with van der Waals surface area (Å²) < 4.78 is 11.9. The summed E-state index contributed by atoms with van der Waals surface area (Å²) in [7, 11) is 0. The lowest BCUT2D eigenvalue weighted by atomic mass is 9.93. The van der Waals surface area contributed by atoms with Crippen molar-refractivity contribution in [2.75, 3.05) is 0 Å². The summed E-state index contributed by atoms with van der Waals surface area (Å²) in [6.45, 7) is 0. The Hall–Kier alpha value is -3.74. The van der Waals surface area contributed by atoms with Gasteiger partial charge in [-0.2, -0.15) is 0 Å². The second kappa shape index (κ2) is 7.19. The van der Waals surface area contributed by atoms with Gasteiger partial charge in [-0.15, -0.1) is 0 Å². The Balaban J connectivity index is 1.75. The van der Waals surface area contributed by atoms with Crippen molar-refractivity contribution in [1.29, 1.82) is 0 Å². The zero-order chi connectivity index (χ0) is 21.6. The van der Waals surface area contributed by atoms with Gasteiger partial charge in [-0.3, -0.25) is 0 Å². The predicted octanol–water partition coefficient (Wildman–Crippen LogP) is 4.15. The number of fused-ring (bicyclic) bond motifs is 2. The molecule has 5 rings (SSSR count). The van der Waals surface area contributed by atoms with Crippen LogP contribution < -0.4 is 0 Å². The molecule has 1 aliphatic heterocycles. The fraction of sp³-hybridized carbons (Fsp3) is 0.120. The number of aliphatic carboxylic acids is 2. The molecular formula is C25H18O6. The van der Waals surface area contributed by atoms with Crippen molar-refractivity contribution in [3.63, 3.8) is 0 Å². The average Bonchev–Trinajstić information content (AvgIpc) is 3.21. The lowest BCUT2D eigenvalue weighted by Gasteiger charge is -2.29. The van der Waals surface area contributed by atoms with Crippen molar-refractivity contribution in [3.8, 4) is 0 Å². The normalized spacial score (nSPS) is 20.1. The predicted molar refractivity (Wildman–Crippen MR) is 114 cm³/mol.